The van der Waals surface area contributed by atoms with Crippen LogP contribution in [0.3, 0.4) is 0 Å². The Hall–Kier alpha value is -3.59. The third-order valence-electron chi connectivity index (χ3n) is 5.30. The molecule has 0 spiro atoms. The van der Waals surface area contributed by atoms with Gasteiger partial charge in [-0.15, -0.1) is 0 Å². The fourth-order valence-electron chi connectivity index (χ4n) is 3.75. The Kier molecular flexibility index (Phi) is 4.49. The molecule has 0 aliphatic carbocycles. The SMILES string of the molecule is Cc1ccc(Cn2c(COc3cccc4ccccc34)nc3ccccc32)cc1. The van der Waals surface area contributed by atoms with E-state index in [2.05, 4.69) is 72.2 Å². The Morgan fingerprint density at radius 3 is 2.45 bits per heavy atom. The largest absolute Gasteiger partial charge is 0.485 e. The zero-order valence-corrected chi connectivity index (χ0v) is 16.4. The van der Waals surface area contributed by atoms with Gasteiger partial charge in [-0.1, -0.05) is 78.4 Å². The average molecular weight is 378 g/mol. The van der Waals surface area contributed by atoms with Gasteiger partial charge in [0.15, 0.2) is 0 Å². The van der Waals surface area contributed by atoms with E-state index in [0.717, 1.165) is 34.5 Å². The molecule has 4 aromatic carbocycles. The minimum absolute atomic E-state index is 0.425. The van der Waals surface area contributed by atoms with Gasteiger partial charge in [0.05, 0.1) is 11.0 Å². The molecule has 29 heavy (non-hydrogen) atoms. The van der Waals surface area contributed by atoms with Gasteiger partial charge in [-0.2, -0.15) is 0 Å². The van der Waals surface area contributed by atoms with E-state index in [-0.39, 0.29) is 0 Å². The highest BCUT2D eigenvalue weighted by Gasteiger charge is 2.12. The zero-order chi connectivity index (χ0) is 19.6. The molecule has 142 valence electrons. The molecule has 1 aromatic heterocycles. The Morgan fingerprint density at radius 1 is 0.793 bits per heavy atom. The molecule has 0 unspecified atom stereocenters. The summed E-state index contributed by atoms with van der Waals surface area (Å²) in [6, 6.07) is 31.4. The highest BCUT2D eigenvalue weighted by molar-refractivity contribution is 5.88. The molecule has 0 amide bonds. The van der Waals surface area contributed by atoms with Gasteiger partial charge in [-0.3, -0.25) is 0 Å². The summed E-state index contributed by atoms with van der Waals surface area (Å²) in [4.78, 5) is 4.86. The number of hydrogen-bond acceptors (Lipinski definition) is 2. The Labute approximate surface area is 170 Å². The number of ether oxygens (including phenoxy) is 1. The first-order chi connectivity index (χ1) is 14.3. The average Bonchev–Trinajstić information content (AvgIpc) is 3.11. The number of benzene rings is 4. The van der Waals surface area contributed by atoms with Crippen LogP contribution in [0.1, 0.15) is 17.0 Å². The van der Waals surface area contributed by atoms with Crippen molar-refractivity contribution < 1.29 is 4.74 Å². The van der Waals surface area contributed by atoms with Crippen LogP contribution in [-0.2, 0) is 13.2 Å². The molecule has 5 rings (SSSR count). The van der Waals surface area contributed by atoms with E-state index >= 15 is 0 Å². The molecule has 3 nitrogen and oxygen atoms in total. The normalized spacial score (nSPS) is 11.2. The second-order valence-corrected chi connectivity index (χ2v) is 7.35. The molecule has 0 N–H and O–H groups in total. The maximum atomic E-state index is 6.25. The van der Waals surface area contributed by atoms with Crippen molar-refractivity contribution in [2.75, 3.05) is 0 Å². The van der Waals surface area contributed by atoms with Gasteiger partial charge >= 0.3 is 0 Å². The molecule has 0 aliphatic rings. The van der Waals surface area contributed by atoms with Crippen molar-refractivity contribution >= 4 is 21.8 Å². The second-order valence-electron chi connectivity index (χ2n) is 7.35. The standard InChI is InChI=1S/C26H22N2O/c1-19-13-15-20(16-14-19)17-28-24-11-5-4-10-23(24)27-26(28)18-29-25-12-6-8-21-7-2-3-9-22(21)25/h2-16H,17-18H2,1H3. The zero-order valence-electron chi connectivity index (χ0n) is 16.4. The summed E-state index contributed by atoms with van der Waals surface area (Å²) < 4.78 is 8.50. The monoisotopic (exact) mass is 378 g/mol. The lowest BCUT2D eigenvalue weighted by Gasteiger charge is -2.12. The topological polar surface area (TPSA) is 27.1 Å². The van der Waals surface area contributed by atoms with E-state index in [1.54, 1.807) is 0 Å². The third kappa shape index (κ3) is 3.47. The molecule has 0 saturated heterocycles. The van der Waals surface area contributed by atoms with Crippen LogP contribution in [0.5, 0.6) is 5.75 Å². The summed E-state index contributed by atoms with van der Waals surface area (Å²) in [5.74, 6) is 1.82. The Morgan fingerprint density at radius 2 is 1.55 bits per heavy atom. The van der Waals surface area contributed by atoms with Crippen molar-refractivity contribution in [1.82, 2.24) is 9.55 Å². The molecule has 0 atom stereocenters. The first-order valence-corrected chi connectivity index (χ1v) is 9.88. The fraction of sp³-hybridized carbons (Fsp3) is 0.115. The molecule has 3 heteroatoms. The summed E-state index contributed by atoms with van der Waals surface area (Å²) in [7, 11) is 0. The number of aryl methyl sites for hydroxylation is 1. The summed E-state index contributed by atoms with van der Waals surface area (Å²) in [6.07, 6.45) is 0. The van der Waals surface area contributed by atoms with Crippen molar-refractivity contribution in [1.29, 1.82) is 0 Å². The first kappa shape index (κ1) is 17.5. The van der Waals surface area contributed by atoms with E-state index < -0.39 is 0 Å². The van der Waals surface area contributed by atoms with Gasteiger partial charge in [0, 0.05) is 11.9 Å². The van der Waals surface area contributed by atoms with Crippen molar-refractivity contribution in [3.63, 3.8) is 0 Å². The number of nitrogens with zero attached hydrogens (tertiary/aromatic N) is 2. The molecule has 0 aliphatic heterocycles. The summed E-state index contributed by atoms with van der Waals surface area (Å²) in [6.45, 7) is 3.31. The minimum Gasteiger partial charge on any atom is -0.485 e. The number of imidazole rings is 1. The minimum atomic E-state index is 0.425. The number of hydrogen-bond donors (Lipinski definition) is 0. The van der Waals surface area contributed by atoms with Crippen molar-refractivity contribution in [3.05, 3.63) is 108 Å². The van der Waals surface area contributed by atoms with Gasteiger partial charge in [0.25, 0.3) is 0 Å². The van der Waals surface area contributed by atoms with Crippen LogP contribution >= 0.6 is 0 Å². The van der Waals surface area contributed by atoms with Gasteiger partial charge in [-0.05, 0) is 36.1 Å². The maximum absolute atomic E-state index is 6.25. The molecule has 1 heterocycles. The maximum Gasteiger partial charge on any atom is 0.148 e. The number of para-hydroxylation sites is 2. The van der Waals surface area contributed by atoms with E-state index in [1.807, 2.05) is 30.3 Å². The van der Waals surface area contributed by atoms with Crippen molar-refractivity contribution in [2.45, 2.75) is 20.1 Å². The van der Waals surface area contributed by atoms with Gasteiger partial charge in [-0.25, -0.2) is 4.98 Å². The van der Waals surface area contributed by atoms with Gasteiger partial charge in [0.2, 0.25) is 0 Å². The van der Waals surface area contributed by atoms with E-state index in [4.69, 9.17) is 9.72 Å². The van der Waals surface area contributed by atoms with E-state index in [1.165, 1.54) is 16.5 Å². The van der Waals surface area contributed by atoms with E-state index in [9.17, 15) is 0 Å². The molecule has 0 fully saturated rings. The second kappa shape index (κ2) is 7.44. The predicted octanol–water partition coefficient (Wildman–Crippen LogP) is 6.13. The number of fused-ring (bicyclic) bond motifs is 2. The smallest absolute Gasteiger partial charge is 0.148 e. The van der Waals surface area contributed by atoms with Crippen LogP contribution < -0.4 is 4.74 Å². The fourth-order valence-corrected chi connectivity index (χ4v) is 3.75. The van der Waals surface area contributed by atoms with Crippen LogP contribution in [0.15, 0.2) is 91.0 Å². The highest BCUT2D eigenvalue weighted by atomic mass is 16.5. The van der Waals surface area contributed by atoms with Crippen LogP contribution in [0, 0.1) is 6.92 Å². The van der Waals surface area contributed by atoms with Crippen LogP contribution in [0.4, 0.5) is 0 Å². The van der Waals surface area contributed by atoms with Crippen LogP contribution in [-0.4, -0.2) is 9.55 Å². The van der Waals surface area contributed by atoms with Gasteiger partial charge in [0.1, 0.15) is 18.2 Å². The molecular formula is C26H22N2O. The lowest BCUT2D eigenvalue weighted by atomic mass is 10.1. The summed E-state index contributed by atoms with van der Waals surface area (Å²) in [5, 5.41) is 2.30. The lowest BCUT2D eigenvalue weighted by Crippen LogP contribution is -2.08. The first-order valence-electron chi connectivity index (χ1n) is 9.88. The summed E-state index contributed by atoms with van der Waals surface area (Å²) in [5.41, 5.74) is 4.65. The quantitative estimate of drug-likeness (QED) is 0.368. The molecule has 5 aromatic rings. The Balaban J connectivity index is 1.50. The van der Waals surface area contributed by atoms with Gasteiger partial charge < -0.3 is 9.30 Å². The van der Waals surface area contributed by atoms with Crippen molar-refractivity contribution in [3.8, 4) is 5.75 Å². The number of rotatable bonds is 5. The Bertz CT molecular complexity index is 1280. The lowest BCUT2D eigenvalue weighted by molar-refractivity contribution is 0.295. The van der Waals surface area contributed by atoms with Crippen LogP contribution in [0.2, 0.25) is 0 Å². The van der Waals surface area contributed by atoms with Crippen molar-refractivity contribution in [2.24, 2.45) is 0 Å². The molecule has 0 saturated carbocycles. The molecule has 0 radical (unpaired) electrons. The summed E-state index contributed by atoms with van der Waals surface area (Å²) >= 11 is 0. The predicted molar refractivity (Wildman–Crippen MR) is 118 cm³/mol. The number of aromatic nitrogens is 2. The molecule has 0 bridgehead atoms. The van der Waals surface area contributed by atoms with Crippen LogP contribution in [0.25, 0.3) is 21.8 Å². The third-order valence-corrected chi connectivity index (χ3v) is 5.30. The van der Waals surface area contributed by atoms with E-state index in [0.29, 0.717) is 6.61 Å². The molecular weight excluding hydrogens is 356 g/mol. The highest BCUT2D eigenvalue weighted by Crippen LogP contribution is 2.26.